The molecular weight excluding hydrogens is 476 g/mol. The van der Waals surface area contributed by atoms with E-state index in [1.54, 1.807) is 48.5 Å². The van der Waals surface area contributed by atoms with Gasteiger partial charge in [-0.15, -0.1) is 0 Å². The third-order valence-electron chi connectivity index (χ3n) is 5.87. The molecule has 0 saturated carbocycles. The number of nitrogens with zero attached hydrogens (tertiary/aromatic N) is 2. The molecule has 174 valence electrons. The van der Waals surface area contributed by atoms with Crippen molar-refractivity contribution in [2.45, 2.75) is 17.7 Å². The molecule has 2 atom stereocenters. The topological polar surface area (TPSA) is 97.6 Å². The minimum atomic E-state index is -3.99. The number of sulfonamides is 1. The Kier molecular flexibility index (Phi) is 6.54. The number of Topliss-reactive ketones (excluding diaryl/α,β-unsaturated/α-hetero) is 1. The van der Waals surface area contributed by atoms with Gasteiger partial charge in [0.2, 0.25) is 0 Å². The number of ketones is 1. The van der Waals surface area contributed by atoms with Gasteiger partial charge in [-0.05, 0) is 36.2 Å². The van der Waals surface area contributed by atoms with Crippen molar-refractivity contribution in [1.29, 1.82) is 0 Å². The van der Waals surface area contributed by atoms with Gasteiger partial charge in [0, 0.05) is 35.5 Å². The molecule has 0 saturated heterocycles. The van der Waals surface area contributed by atoms with Gasteiger partial charge in [-0.2, -0.15) is 0 Å². The van der Waals surface area contributed by atoms with E-state index in [4.69, 9.17) is 11.6 Å². The lowest BCUT2D eigenvalue weighted by molar-refractivity contribution is -0.384. The maximum absolute atomic E-state index is 13.7. The van der Waals surface area contributed by atoms with Gasteiger partial charge >= 0.3 is 0 Å². The Bertz CT molecular complexity index is 1370. The van der Waals surface area contributed by atoms with Crippen LogP contribution in [0.5, 0.6) is 0 Å². The van der Waals surface area contributed by atoms with Gasteiger partial charge in [0.25, 0.3) is 15.7 Å². The lowest BCUT2D eigenvalue weighted by Gasteiger charge is -2.38. The molecule has 0 amide bonds. The molecule has 1 aliphatic rings. The average Bonchev–Trinajstić information content (AvgIpc) is 2.84. The molecule has 3 aromatic carbocycles. The SMILES string of the molecule is CC(=O)[C@H]1CN(S(=O)(=O)c2ccccc2)C(c2ccccc2)=C[C@@H]1c1cc([N+](=O)[O-])ccc1Cl. The van der Waals surface area contributed by atoms with Gasteiger partial charge < -0.3 is 0 Å². The van der Waals surface area contributed by atoms with Crippen molar-refractivity contribution in [2.75, 3.05) is 6.54 Å². The fourth-order valence-corrected chi connectivity index (χ4v) is 5.93. The number of nitro groups is 1. The zero-order valence-corrected chi connectivity index (χ0v) is 19.7. The summed E-state index contributed by atoms with van der Waals surface area (Å²) < 4.78 is 28.5. The highest BCUT2D eigenvalue weighted by atomic mass is 35.5. The molecule has 1 aliphatic heterocycles. The number of hydrogen-bond acceptors (Lipinski definition) is 5. The number of non-ortho nitro benzene ring substituents is 1. The van der Waals surface area contributed by atoms with E-state index < -0.39 is 26.8 Å². The Morgan fingerprint density at radius 2 is 1.65 bits per heavy atom. The molecule has 0 radical (unpaired) electrons. The van der Waals surface area contributed by atoms with Crippen LogP contribution in [0, 0.1) is 16.0 Å². The second-order valence-corrected chi connectivity index (χ2v) is 10.2. The summed E-state index contributed by atoms with van der Waals surface area (Å²) in [5, 5.41) is 11.6. The zero-order chi connectivity index (χ0) is 24.5. The van der Waals surface area contributed by atoms with Crippen LogP contribution in [0.4, 0.5) is 5.69 Å². The van der Waals surface area contributed by atoms with E-state index in [9.17, 15) is 23.3 Å². The van der Waals surface area contributed by atoms with E-state index in [0.29, 0.717) is 16.8 Å². The number of halogens is 1. The molecule has 3 aromatic rings. The summed E-state index contributed by atoms with van der Waals surface area (Å²) in [7, 11) is -3.99. The first-order chi connectivity index (χ1) is 16.2. The van der Waals surface area contributed by atoms with Crippen LogP contribution in [-0.4, -0.2) is 30.0 Å². The second-order valence-electron chi connectivity index (χ2n) is 7.97. The molecule has 1 heterocycles. The van der Waals surface area contributed by atoms with Crippen molar-refractivity contribution < 1.29 is 18.1 Å². The third-order valence-corrected chi connectivity index (χ3v) is 8.01. The molecule has 0 unspecified atom stereocenters. The minimum Gasteiger partial charge on any atom is -0.300 e. The molecule has 0 N–H and O–H groups in total. The molecule has 0 aliphatic carbocycles. The fraction of sp³-hybridized carbons (Fsp3) is 0.160. The van der Waals surface area contributed by atoms with Crippen LogP contribution in [0.2, 0.25) is 5.02 Å². The number of benzene rings is 3. The minimum absolute atomic E-state index is 0.103. The summed E-state index contributed by atoms with van der Waals surface area (Å²) >= 11 is 6.43. The quantitative estimate of drug-likeness (QED) is 0.341. The van der Waals surface area contributed by atoms with E-state index in [1.165, 1.54) is 41.6 Å². The summed E-state index contributed by atoms with van der Waals surface area (Å²) in [4.78, 5) is 23.7. The van der Waals surface area contributed by atoms with Crippen LogP contribution in [0.25, 0.3) is 5.70 Å². The number of hydrogen-bond donors (Lipinski definition) is 0. The first-order valence-corrected chi connectivity index (χ1v) is 12.3. The normalized spacial score (nSPS) is 18.3. The Balaban J connectivity index is 1.94. The summed E-state index contributed by atoms with van der Waals surface area (Å²) in [6.07, 6.45) is 1.68. The maximum atomic E-state index is 13.7. The Hall–Kier alpha value is -3.49. The van der Waals surface area contributed by atoms with Crippen LogP contribution >= 0.6 is 11.6 Å². The van der Waals surface area contributed by atoms with E-state index in [1.807, 2.05) is 6.07 Å². The van der Waals surface area contributed by atoms with Crippen LogP contribution in [0.1, 0.15) is 24.0 Å². The molecule has 0 aromatic heterocycles. The summed E-state index contributed by atoms with van der Waals surface area (Å²) in [6.45, 7) is 1.26. The van der Waals surface area contributed by atoms with Gasteiger partial charge in [-0.1, -0.05) is 66.2 Å². The van der Waals surface area contributed by atoms with E-state index in [0.717, 1.165) is 0 Å². The Labute approximate surface area is 202 Å². The highest BCUT2D eigenvalue weighted by Crippen LogP contribution is 2.43. The van der Waals surface area contributed by atoms with Gasteiger partial charge in [0.05, 0.1) is 15.5 Å². The number of carbonyl (C=O) groups is 1. The first kappa shape index (κ1) is 23.7. The zero-order valence-electron chi connectivity index (χ0n) is 18.2. The van der Waals surface area contributed by atoms with Gasteiger partial charge in [0.15, 0.2) is 0 Å². The molecule has 34 heavy (non-hydrogen) atoms. The summed E-state index contributed by atoms with van der Waals surface area (Å²) in [5.41, 5.74) is 1.27. The second kappa shape index (κ2) is 9.40. The number of allylic oxidation sites excluding steroid dienone is 1. The highest BCUT2D eigenvalue weighted by Gasteiger charge is 2.40. The summed E-state index contributed by atoms with van der Waals surface area (Å²) in [5.74, 6) is -1.68. The van der Waals surface area contributed by atoms with E-state index in [-0.39, 0.29) is 27.9 Å². The predicted octanol–water partition coefficient (Wildman–Crippen LogP) is 5.28. The van der Waals surface area contributed by atoms with Crippen LogP contribution in [0.15, 0.2) is 89.8 Å². The molecule has 0 bridgehead atoms. The monoisotopic (exact) mass is 496 g/mol. The van der Waals surface area contributed by atoms with Crippen LogP contribution in [-0.2, 0) is 14.8 Å². The van der Waals surface area contributed by atoms with E-state index in [2.05, 4.69) is 0 Å². The average molecular weight is 497 g/mol. The Morgan fingerprint density at radius 1 is 1.03 bits per heavy atom. The maximum Gasteiger partial charge on any atom is 0.269 e. The number of rotatable bonds is 6. The standard InChI is InChI=1S/C25H21ClN2O5S/c1-17(29)23-16-27(34(32,33)20-10-6-3-7-11-20)25(18-8-4-2-5-9-18)15-21(23)22-14-19(28(30)31)12-13-24(22)26/h2-15,21,23H,16H2,1H3/t21-,23-/m1/s1. The highest BCUT2D eigenvalue weighted by molar-refractivity contribution is 7.89. The lowest BCUT2D eigenvalue weighted by atomic mass is 9.80. The fourth-order valence-electron chi connectivity index (χ4n) is 4.14. The molecule has 0 spiro atoms. The smallest absolute Gasteiger partial charge is 0.269 e. The van der Waals surface area contributed by atoms with Gasteiger partial charge in [-0.25, -0.2) is 8.42 Å². The number of nitro benzene ring substituents is 1. The lowest BCUT2D eigenvalue weighted by Crippen LogP contribution is -2.41. The molecule has 0 fully saturated rings. The largest absolute Gasteiger partial charge is 0.300 e. The molecular formula is C25H21ClN2O5S. The predicted molar refractivity (Wildman–Crippen MR) is 130 cm³/mol. The third kappa shape index (κ3) is 4.47. The first-order valence-electron chi connectivity index (χ1n) is 10.5. The van der Waals surface area contributed by atoms with Crippen molar-refractivity contribution >= 4 is 38.8 Å². The van der Waals surface area contributed by atoms with Crippen LogP contribution < -0.4 is 0 Å². The van der Waals surface area contributed by atoms with Crippen molar-refractivity contribution in [3.63, 3.8) is 0 Å². The summed E-state index contributed by atoms with van der Waals surface area (Å²) in [6, 6.07) is 21.0. The van der Waals surface area contributed by atoms with Crippen molar-refractivity contribution in [2.24, 2.45) is 5.92 Å². The Morgan fingerprint density at radius 3 is 2.24 bits per heavy atom. The van der Waals surface area contributed by atoms with Crippen molar-refractivity contribution in [3.05, 3.63) is 111 Å². The van der Waals surface area contributed by atoms with Crippen LogP contribution in [0.3, 0.4) is 0 Å². The van der Waals surface area contributed by atoms with Crippen molar-refractivity contribution in [3.8, 4) is 0 Å². The number of carbonyl (C=O) groups excluding carboxylic acids is 1. The van der Waals surface area contributed by atoms with Crippen molar-refractivity contribution in [1.82, 2.24) is 4.31 Å². The van der Waals surface area contributed by atoms with Gasteiger partial charge in [0.1, 0.15) is 5.78 Å². The van der Waals surface area contributed by atoms with Gasteiger partial charge in [-0.3, -0.25) is 19.2 Å². The molecule has 9 heteroatoms. The molecule has 7 nitrogen and oxygen atoms in total. The van der Waals surface area contributed by atoms with E-state index >= 15 is 0 Å². The molecule has 4 rings (SSSR count).